The first kappa shape index (κ1) is 14.3. The summed E-state index contributed by atoms with van der Waals surface area (Å²) in [7, 11) is 1.35. The van der Waals surface area contributed by atoms with E-state index in [0.29, 0.717) is 24.4 Å². The first-order valence-electron chi connectivity index (χ1n) is 6.39. The molecule has 1 atom stereocenters. The lowest BCUT2D eigenvalue weighted by Crippen LogP contribution is -2.51. The topological polar surface area (TPSA) is 75.5 Å². The third-order valence-corrected chi connectivity index (χ3v) is 3.33. The molecule has 1 aromatic heterocycles. The van der Waals surface area contributed by atoms with E-state index in [-0.39, 0.29) is 12.6 Å². The summed E-state index contributed by atoms with van der Waals surface area (Å²) in [5.74, 6) is -0.360. The van der Waals surface area contributed by atoms with Gasteiger partial charge in [-0.05, 0) is 19.9 Å². The third kappa shape index (κ3) is 2.58. The highest BCUT2D eigenvalue weighted by Crippen LogP contribution is 2.27. The molecular weight excluding hydrogens is 258 g/mol. The zero-order chi connectivity index (χ0) is 14.7. The molecule has 0 spiro atoms. The molecule has 1 aliphatic heterocycles. The molecule has 0 aromatic carbocycles. The van der Waals surface area contributed by atoms with Crippen molar-refractivity contribution >= 4 is 11.7 Å². The lowest BCUT2D eigenvalue weighted by atomic mass is 10.1. The van der Waals surface area contributed by atoms with Gasteiger partial charge >= 0.3 is 5.97 Å². The average molecular weight is 275 g/mol. The highest BCUT2D eigenvalue weighted by atomic mass is 16.5. The zero-order valence-electron chi connectivity index (χ0n) is 11.8. The Morgan fingerprint density at radius 2 is 2.35 bits per heavy atom. The molecule has 2 rings (SSSR count). The molecule has 0 aliphatic carbocycles. The van der Waals surface area contributed by atoms with E-state index in [2.05, 4.69) is 11.1 Å². The van der Waals surface area contributed by atoms with Crippen LogP contribution in [0.5, 0.6) is 0 Å². The van der Waals surface area contributed by atoms with Crippen molar-refractivity contribution in [3.05, 3.63) is 23.0 Å². The minimum Gasteiger partial charge on any atom is -0.467 e. The summed E-state index contributed by atoms with van der Waals surface area (Å²) in [6.45, 7) is 4.97. The van der Waals surface area contributed by atoms with Crippen LogP contribution in [-0.4, -0.2) is 43.9 Å². The van der Waals surface area contributed by atoms with Crippen LogP contribution in [0.2, 0.25) is 0 Å². The average Bonchev–Trinajstić information content (AvgIpc) is 2.45. The first-order valence-corrected chi connectivity index (χ1v) is 6.39. The van der Waals surface area contributed by atoms with Gasteiger partial charge in [-0.25, -0.2) is 4.79 Å². The number of nitrogens with zero attached hydrogens (tertiary/aromatic N) is 3. The minimum atomic E-state index is -0.526. The van der Waals surface area contributed by atoms with Gasteiger partial charge in [0.05, 0.1) is 37.3 Å². The Morgan fingerprint density at radius 1 is 1.60 bits per heavy atom. The summed E-state index contributed by atoms with van der Waals surface area (Å²) >= 11 is 0. The number of anilines is 1. The van der Waals surface area contributed by atoms with Gasteiger partial charge in [-0.3, -0.25) is 4.98 Å². The highest BCUT2D eigenvalue weighted by molar-refractivity contribution is 5.81. The SMILES string of the molecule is COC(=O)C1COCCN1c1cc(C)nc(C)c1C#N. The molecular formula is C14H17N3O3. The van der Waals surface area contributed by atoms with Crippen LogP contribution in [0.1, 0.15) is 17.0 Å². The number of esters is 1. The Balaban J connectivity index is 2.47. The quantitative estimate of drug-likeness (QED) is 0.748. The first-order chi connectivity index (χ1) is 9.58. The summed E-state index contributed by atoms with van der Waals surface area (Å²) < 4.78 is 10.2. The largest absolute Gasteiger partial charge is 0.467 e. The van der Waals surface area contributed by atoms with Crippen molar-refractivity contribution in [2.75, 3.05) is 31.8 Å². The molecule has 1 unspecified atom stereocenters. The Bertz CT molecular complexity index is 566. The Labute approximate surface area is 117 Å². The fraction of sp³-hybridized carbons (Fsp3) is 0.500. The van der Waals surface area contributed by atoms with Crippen LogP contribution in [-0.2, 0) is 14.3 Å². The van der Waals surface area contributed by atoms with E-state index in [9.17, 15) is 10.1 Å². The monoisotopic (exact) mass is 275 g/mol. The van der Waals surface area contributed by atoms with Gasteiger partial charge in [-0.2, -0.15) is 5.26 Å². The van der Waals surface area contributed by atoms with Crippen molar-refractivity contribution in [1.29, 1.82) is 5.26 Å². The predicted molar refractivity (Wildman–Crippen MR) is 72.4 cm³/mol. The molecule has 0 amide bonds. The molecule has 106 valence electrons. The second-order valence-electron chi connectivity index (χ2n) is 4.66. The van der Waals surface area contributed by atoms with Gasteiger partial charge in [-0.1, -0.05) is 0 Å². The molecule has 0 radical (unpaired) electrons. The van der Waals surface area contributed by atoms with E-state index in [1.54, 1.807) is 6.92 Å². The maximum Gasteiger partial charge on any atom is 0.330 e. The normalized spacial score (nSPS) is 18.5. The van der Waals surface area contributed by atoms with E-state index >= 15 is 0 Å². The Morgan fingerprint density at radius 3 is 3.00 bits per heavy atom. The zero-order valence-corrected chi connectivity index (χ0v) is 11.8. The van der Waals surface area contributed by atoms with Crippen LogP contribution in [0.15, 0.2) is 6.07 Å². The van der Waals surface area contributed by atoms with Gasteiger partial charge in [0.2, 0.25) is 0 Å². The van der Waals surface area contributed by atoms with Gasteiger partial charge in [0, 0.05) is 12.2 Å². The molecule has 0 bridgehead atoms. The van der Waals surface area contributed by atoms with E-state index in [0.717, 1.165) is 11.4 Å². The lowest BCUT2D eigenvalue weighted by Gasteiger charge is -2.36. The minimum absolute atomic E-state index is 0.262. The molecule has 0 saturated carbocycles. The maximum absolute atomic E-state index is 11.9. The van der Waals surface area contributed by atoms with Crippen molar-refractivity contribution in [3.63, 3.8) is 0 Å². The summed E-state index contributed by atoms with van der Waals surface area (Å²) in [4.78, 5) is 18.0. The molecule has 6 heteroatoms. The maximum atomic E-state index is 11.9. The van der Waals surface area contributed by atoms with E-state index in [1.807, 2.05) is 17.9 Å². The van der Waals surface area contributed by atoms with Crippen molar-refractivity contribution in [3.8, 4) is 6.07 Å². The number of morpholine rings is 1. The van der Waals surface area contributed by atoms with Crippen LogP contribution < -0.4 is 4.90 Å². The molecule has 1 aliphatic rings. The molecule has 1 fully saturated rings. The molecule has 0 N–H and O–H groups in total. The number of hydrogen-bond donors (Lipinski definition) is 0. The number of pyridine rings is 1. The van der Waals surface area contributed by atoms with Crippen LogP contribution in [0, 0.1) is 25.2 Å². The van der Waals surface area contributed by atoms with Crippen LogP contribution in [0.4, 0.5) is 5.69 Å². The van der Waals surface area contributed by atoms with E-state index < -0.39 is 6.04 Å². The third-order valence-electron chi connectivity index (χ3n) is 3.33. The molecule has 1 saturated heterocycles. The number of ether oxygens (including phenoxy) is 2. The van der Waals surface area contributed by atoms with E-state index in [1.165, 1.54) is 7.11 Å². The molecule has 2 heterocycles. The molecule has 20 heavy (non-hydrogen) atoms. The number of hydrogen-bond acceptors (Lipinski definition) is 6. The van der Waals surface area contributed by atoms with Crippen molar-refractivity contribution in [1.82, 2.24) is 4.98 Å². The number of carbonyl (C=O) groups is 1. The summed E-state index contributed by atoms with van der Waals surface area (Å²) in [6.07, 6.45) is 0. The predicted octanol–water partition coefficient (Wildman–Crippen LogP) is 0.948. The standard InChI is InChI=1S/C14H17N3O3/c1-9-6-12(11(7-15)10(2)16-9)17-4-5-20-8-13(17)14(18)19-3/h6,13H,4-5,8H2,1-3H3. The number of aromatic nitrogens is 1. The van der Waals surface area contributed by atoms with Crippen LogP contribution >= 0.6 is 0 Å². The fourth-order valence-corrected chi connectivity index (χ4v) is 2.40. The summed E-state index contributed by atoms with van der Waals surface area (Å²) in [6, 6.07) is 3.47. The van der Waals surface area contributed by atoms with E-state index in [4.69, 9.17) is 9.47 Å². The second kappa shape index (κ2) is 5.88. The van der Waals surface area contributed by atoms with Crippen LogP contribution in [0.3, 0.4) is 0 Å². The second-order valence-corrected chi connectivity index (χ2v) is 4.66. The summed E-state index contributed by atoms with van der Waals surface area (Å²) in [5.41, 5.74) is 2.69. The molecule has 1 aromatic rings. The number of aryl methyl sites for hydroxylation is 2. The smallest absolute Gasteiger partial charge is 0.330 e. The van der Waals surface area contributed by atoms with Gasteiger partial charge in [0.1, 0.15) is 6.07 Å². The Kier molecular flexibility index (Phi) is 4.20. The van der Waals surface area contributed by atoms with Crippen molar-refractivity contribution < 1.29 is 14.3 Å². The molecule has 6 nitrogen and oxygen atoms in total. The van der Waals surface area contributed by atoms with Crippen LogP contribution in [0.25, 0.3) is 0 Å². The summed E-state index contributed by atoms with van der Waals surface area (Å²) in [5, 5.41) is 9.34. The Hall–Kier alpha value is -2.13. The lowest BCUT2D eigenvalue weighted by molar-refractivity contribution is -0.144. The highest BCUT2D eigenvalue weighted by Gasteiger charge is 2.32. The number of methoxy groups -OCH3 is 1. The fourth-order valence-electron chi connectivity index (χ4n) is 2.40. The van der Waals surface area contributed by atoms with Gasteiger partial charge in [-0.15, -0.1) is 0 Å². The van der Waals surface area contributed by atoms with Gasteiger partial charge < -0.3 is 14.4 Å². The van der Waals surface area contributed by atoms with Gasteiger partial charge in [0.25, 0.3) is 0 Å². The number of carbonyl (C=O) groups excluding carboxylic acids is 1. The number of rotatable bonds is 2. The van der Waals surface area contributed by atoms with Gasteiger partial charge in [0.15, 0.2) is 6.04 Å². The number of nitriles is 1. The van der Waals surface area contributed by atoms with Crippen molar-refractivity contribution in [2.24, 2.45) is 0 Å². The van der Waals surface area contributed by atoms with Crippen molar-refractivity contribution in [2.45, 2.75) is 19.9 Å².